The Labute approximate surface area is 140 Å². The summed E-state index contributed by atoms with van der Waals surface area (Å²) >= 11 is 2.78. The Hall–Kier alpha value is -1.54. The van der Waals surface area contributed by atoms with E-state index in [9.17, 15) is 21.6 Å². The van der Waals surface area contributed by atoms with Gasteiger partial charge >= 0.3 is 6.18 Å². The summed E-state index contributed by atoms with van der Waals surface area (Å²) in [5, 5.41) is 0. The number of halogens is 4. The van der Waals surface area contributed by atoms with Crippen molar-refractivity contribution in [2.75, 3.05) is 4.72 Å². The van der Waals surface area contributed by atoms with Crippen LogP contribution in [0.3, 0.4) is 0 Å². The molecule has 0 radical (unpaired) electrons. The molecule has 2 aromatic rings. The number of sulfonamides is 1. The first-order valence-electron chi connectivity index (χ1n) is 6.47. The second kappa shape index (κ2) is 6.16. The predicted octanol–water partition coefficient (Wildman–Crippen LogP) is 4.89. The van der Waals surface area contributed by atoms with Crippen LogP contribution in [-0.2, 0) is 16.2 Å². The maximum Gasteiger partial charge on any atom is 0.417 e. The number of alkyl halides is 3. The summed E-state index contributed by atoms with van der Waals surface area (Å²) in [4.78, 5) is -0.452. The smallest absolute Gasteiger partial charge is 0.280 e. The Balaban J connectivity index is 2.44. The van der Waals surface area contributed by atoms with Crippen LogP contribution in [0.25, 0.3) is 0 Å². The van der Waals surface area contributed by atoms with E-state index >= 15 is 0 Å². The van der Waals surface area contributed by atoms with Crippen LogP contribution in [0.4, 0.5) is 18.9 Å². The maximum atomic E-state index is 12.9. The van der Waals surface area contributed by atoms with Crippen LogP contribution in [0, 0.1) is 13.8 Å². The number of benzene rings is 2. The van der Waals surface area contributed by atoms with E-state index in [1.165, 1.54) is 0 Å². The van der Waals surface area contributed by atoms with Gasteiger partial charge in [0.1, 0.15) is 0 Å². The van der Waals surface area contributed by atoms with Crippen molar-refractivity contribution >= 4 is 31.6 Å². The Kier molecular flexibility index (Phi) is 4.77. The summed E-state index contributed by atoms with van der Waals surface area (Å²) in [5.41, 5.74) is 0.948. The fraction of sp³-hybridized carbons (Fsp3) is 0.200. The van der Waals surface area contributed by atoms with Crippen LogP contribution < -0.4 is 4.72 Å². The molecule has 124 valence electrons. The first-order valence-corrected chi connectivity index (χ1v) is 8.74. The van der Waals surface area contributed by atoms with E-state index in [1.54, 1.807) is 26.0 Å². The van der Waals surface area contributed by atoms with Crippen molar-refractivity contribution in [3.63, 3.8) is 0 Å². The van der Waals surface area contributed by atoms with Crippen LogP contribution in [0.1, 0.15) is 16.7 Å². The highest BCUT2D eigenvalue weighted by molar-refractivity contribution is 9.10. The van der Waals surface area contributed by atoms with E-state index in [-0.39, 0.29) is 4.47 Å². The Morgan fingerprint density at radius 1 is 1.00 bits per heavy atom. The minimum Gasteiger partial charge on any atom is -0.280 e. The van der Waals surface area contributed by atoms with Crippen molar-refractivity contribution in [2.45, 2.75) is 24.9 Å². The molecular weight excluding hydrogens is 395 g/mol. The molecule has 0 saturated carbocycles. The highest BCUT2D eigenvalue weighted by Gasteiger charge is 2.34. The normalized spacial score (nSPS) is 12.3. The van der Waals surface area contributed by atoms with Gasteiger partial charge in [0.2, 0.25) is 0 Å². The number of rotatable bonds is 3. The average Bonchev–Trinajstić information content (AvgIpc) is 2.35. The zero-order valence-corrected chi connectivity index (χ0v) is 14.6. The molecule has 0 saturated heterocycles. The van der Waals surface area contributed by atoms with E-state index in [1.807, 2.05) is 6.07 Å². The fourth-order valence-electron chi connectivity index (χ4n) is 2.14. The van der Waals surface area contributed by atoms with Crippen molar-refractivity contribution in [3.05, 3.63) is 57.6 Å². The van der Waals surface area contributed by atoms with Crippen LogP contribution in [-0.4, -0.2) is 8.42 Å². The molecule has 1 N–H and O–H groups in total. The van der Waals surface area contributed by atoms with Gasteiger partial charge in [0.05, 0.1) is 10.5 Å². The molecule has 2 aromatic carbocycles. The quantitative estimate of drug-likeness (QED) is 0.787. The molecule has 0 amide bonds. The highest BCUT2D eigenvalue weighted by atomic mass is 79.9. The Morgan fingerprint density at radius 3 is 2.09 bits per heavy atom. The van der Waals surface area contributed by atoms with E-state index in [2.05, 4.69) is 20.7 Å². The molecule has 2 rings (SSSR count). The summed E-state index contributed by atoms with van der Waals surface area (Å²) in [6, 6.07) is 7.86. The first-order chi connectivity index (χ1) is 10.5. The average molecular weight is 408 g/mol. The second-order valence-electron chi connectivity index (χ2n) is 5.12. The van der Waals surface area contributed by atoms with E-state index in [0.29, 0.717) is 11.8 Å². The Bertz CT molecular complexity index is 828. The first kappa shape index (κ1) is 17.8. The molecule has 0 bridgehead atoms. The van der Waals surface area contributed by atoms with Gasteiger partial charge in [-0.1, -0.05) is 22.0 Å². The van der Waals surface area contributed by atoms with Gasteiger partial charge < -0.3 is 0 Å². The lowest BCUT2D eigenvalue weighted by Crippen LogP contribution is -2.15. The summed E-state index contributed by atoms with van der Waals surface area (Å²) in [6.45, 7) is 3.60. The van der Waals surface area contributed by atoms with Crippen LogP contribution in [0.5, 0.6) is 0 Å². The van der Waals surface area contributed by atoms with Gasteiger partial charge in [-0.05, 0) is 55.3 Å². The van der Waals surface area contributed by atoms with Gasteiger partial charge in [-0.3, -0.25) is 4.72 Å². The topological polar surface area (TPSA) is 46.2 Å². The number of anilines is 1. The third kappa shape index (κ3) is 4.26. The summed E-state index contributed by atoms with van der Waals surface area (Å²) in [7, 11) is -4.12. The molecule has 3 nitrogen and oxygen atoms in total. The standard InChI is InChI=1S/C15H13BrF3NO2S/c1-9-5-10(2)7-11(6-9)20-23(21,22)12-3-4-14(16)13(8-12)15(17,18)19/h3-8,20H,1-2H3. The van der Waals surface area contributed by atoms with E-state index in [0.717, 1.165) is 23.3 Å². The molecule has 0 fully saturated rings. The van der Waals surface area contributed by atoms with Crippen molar-refractivity contribution in [1.29, 1.82) is 0 Å². The van der Waals surface area contributed by atoms with Crippen molar-refractivity contribution < 1.29 is 21.6 Å². The molecule has 0 aliphatic rings. The van der Waals surface area contributed by atoms with Crippen molar-refractivity contribution in [1.82, 2.24) is 0 Å². The fourth-order valence-corrected chi connectivity index (χ4v) is 3.67. The molecule has 0 atom stereocenters. The van der Waals surface area contributed by atoms with E-state index < -0.39 is 26.7 Å². The van der Waals surface area contributed by atoms with E-state index in [4.69, 9.17) is 0 Å². The number of aryl methyl sites for hydroxylation is 2. The zero-order valence-electron chi connectivity index (χ0n) is 12.2. The summed E-state index contributed by atoms with van der Waals surface area (Å²) in [6.07, 6.45) is -4.65. The molecular formula is C15H13BrF3NO2S. The molecule has 0 unspecified atom stereocenters. The van der Waals surface area contributed by atoms with Crippen molar-refractivity contribution in [3.8, 4) is 0 Å². The van der Waals surface area contributed by atoms with Gasteiger partial charge in [-0.15, -0.1) is 0 Å². The van der Waals surface area contributed by atoms with Gasteiger partial charge in [-0.25, -0.2) is 8.42 Å². The minimum atomic E-state index is -4.65. The monoisotopic (exact) mass is 407 g/mol. The number of nitrogens with one attached hydrogen (secondary N) is 1. The van der Waals surface area contributed by atoms with Gasteiger partial charge in [0.25, 0.3) is 10.0 Å². The summed E-state index contributed by atoms with van der Waals surface area (Å²) in [5.74, 6) is 0. The summed E-state index contributed by atoms with van der Waals surface area (Å²) < 4.78 is 65.4. The third-order valence-corrected chi connectivity index (χ3v) is 5.10. The highest BCUT2D eigenvalue weighted by Crippen LogP contribution is 2.36. The molecule has 0 aromatic heterocycles. The van der Waals surface area contributed by atoms with Crippen LogP contribution in [0.15, 0.2) is 45.8 Å². The molecule has 8 heteroatoms. The van der Waals surface area contributed by atoms with Crippen LogP contribution >= 0.6 is 15.9 Å². The van der Waals surface area contributed by atoms with Gasteiger partial charge in [0, 0.05) is 10.2 Å². The molecule has 0 aliphatic carbocycles. The van der Waals surface area contributed by atoms with Crippen molar-refractivity contribution in [2.24, 2.45) is 0 Å². The molecule has 0 spiro atoms. The number of hydrogen-bond donors (Lipinski definition) is 1. The second-order valence-corrected chi connectivity index (χ2v) is 7.66. The van der Waals surface area contributed by atoms with Gasteiger partial charge in [-0.2, -0.15) is 13.2 Å². The lowest BCUT2D eigenvalue weighted by molar-refractivity contribution is -0.138. The predicted molar refractivity (Wildman–Crippen MR) is 85.9 cm³/mol. The Morgan fingerprint density at radius 2 is 1.57 bits per heavy atom. The molecule has 23 heavy (non-hydrogen) atoms. The molecule has 0 aliphatic heterocycles. The van der Waals surface area contributed by atoms with Gasteiger partial charge in [0.15, 0.2) is 0 Å². The minimum absolute atomic E-state index is 0.213. The largest absolute Gasteiger partial charge is 0.417 e. The lowest BCUT2D eigenvalue weighted by Gasteiger charge is -2.13. The maximum absolute atomic E-state index is 12.9. The third-order valence-electron chi connectivity index (χ3n) is 3.03. The van der Waals surface area contributed by atoms with Crippen LogP contribution in [0.2, 0.25) is 0 Å². The SMILES string of the molecule is Cc1cc(C)cc(NS(=O)(=O)c2ccc(Br)c(C(F)(F)F)c2)c1. The number of hydrogen-bond acceptors (Lipinski definition) is 2. The lowest BCUT2D eigenvalue weighted by atomic mass is 10.1. The zero-order chi connectivity index (χ0) is 17.4. The molecule has 0 heterocycles.